The molecular weight excluding hydrogens is 319 g/mol. The van der Waals surface area contributed by atoms with Crippen LogP contribution in [0.4, 0.5) is 13.2 Å². The van der Waals surface area contributed by atoms with E-state index >= 15 is 0 Å². The number of aryl methyl sites for hydroxylation is 1. The van der Waals surface area contributed by atoms with E-state index in [0.717, 1.165) is 6.42 Å². The number of alkyl halides is 3. The number of hydrogen-bond acceptors (Lipinski definition) is 3. The highest BCUT2D eigenvalue weighted by Crippen LogP contribution is 2.26. The monoisotopic (exact) mass is 339 g/mol. The number of sulfonamides is 1. The highest BCUT2D eigenvalue weighted by Gasteiger charge is 2.36. The molecule has 1 unspecified atom stereocenters. The maximum absolute atomic E-state index is 12.3. The molecule has 1 aliphatic rings. The normalized spacial score (nSPS) is 21.1. The van der Waals surface area contributed by atoms with Crippen LogP contribution in [0.25, 0.3) is 0 Å². The van der Waals surface area contributed by atoms with E-state index in [1.165, 1.54) is 4.31 Å². The predicted molar refractivity (Wildman–Crippen MR) is 75.6 cm³/mol. The highest BCUT2D eigenvalue weighted by atomic mass is 32.2. The van der Waals surface area contributed by atoms with Crippen molar-refractivity contribution in [3.8, 4) is 0 Å². The topological polar surface area (TPSA) is 55.2 Å². The molecular formula is C13H20F3N3O2S. The van der Waals surface area contributed by atoms with Gasteiger partial charge >= 0.3 is 6.18 Å². The summed E-state index contributed by atoms with van der Waals surface area (Å²) >= 11 is 0. The zero-order valence-electron chi connectivity index (χ0n) is 12.2. The van der Waals surface area contributed by atoms with Gasteiger partial charge in [-0.25, -0.2) is 13.4 Å². The molecule has 0 aliphatic carbocycles. The van der Waals surface area contributed by atoms with Crippen molar-refractivity contribution in [1.82, 2.24) is 13.9 Å². The fourth-order valence-corrected chi connectivity index (χ4v) is 4.50. The maximum atomic E-state index is 12.3. The minimum absolute atomic E-state index is 0.227. The van der Waals surface area contributed by atoms with E-state index in [0.29, 0.717) is 32.4 Å². The van der Waals surface area contributed by atoms with Crippen LogP contribution in [0.3, 0.4) is 0 Å². The molecule has 2 heterocycles. The Labute approximate surface area is 128 Å². The Bertz CT molecular complexity index is 558. The highest BCUT2D eigenvalue weighted by molar-refractivity contribution is 7.89. The molecule has 1 aromatic heterocycles. The van der Waals surface area contributed by atoms with Gasteiger partial charge in [0, 0.05) is 31.5 Å². The number of nitrogens with zero attached hydrogens (tertiary/aromatic N) is 3. The first kappa shape index (κ1) is 17.3. The molecule has 0 aromatic carbocycles. The van der Waals surface area contributed by atoms with Crippen LogP contribution in [-0.4, -0.2) is 46.8 Å². The minimum Gasteiger partial charge on any atom is -0.337 e. The number of imidazole rings is 1. The summed E-state index contributed by atoms with van der Waals surface area (Å²) < 4.78 is 64.4. The number of halogens is 3. The molecule has 2 rings (SSSR count). The third-order valence-electron chi connectivity index (χ3n) is 3.85. The van der Waals surface area contributed by atoms with Gasteiger partial charge in [-0.2, -0.15) is 17.5 Å². The van der Waals surface area contributed by atoms with E-state index in [-0.39, 0.29) is 6.04 Å². The summed E-state index contributed by atoms with van der Waals surface area (Å²) in [7, 11) is -3.87. The first-order chi connectivity index (χ1) is 10.3. The van der Waals surface area contributed by atoms with Crippen molar-refractivity contribution >= 4 is 10.0 Å². The van der Waals surface area contributed by atoms with Crippen LogP contribution in [0, 0.1) is 0 Å². The van der Waals surface area contributed by atoms with E-state index in [1.54, 1.807) is 18.7 Å². The molecule has 1 aromatic rings. The number of rotatable bonds is 6. The van der Waals surface area contributed by atoms with Gasteiger partial charge in [-0.3, -0.25) is 0 Å². The Kier molecular flexibility index (Phi) is 5.49. The summed E-state index contributed by atoms with van der Waals surface area (Å²) in [5.74, 6) is -0.863. The second kappa shape index (κ2) is 6.99. The zero-order valence-corrected chi connectivity index (χ0v) is 13.0. The lowest BCUT2D eigenvalue weighted by Crippen LogP contribution is -2.45. The van der Waals surface area contributed by atoms with Gasteiger partial charge in [0.15, 0.2) is 0 Å². The van der Waals surface area contributed by atoms with Crippen LogP contribution in [0.15, 0.2) is 18.7 Å². The maximum Gasteiger partial charge on any atom is 0.390 e. The molecule has 1 aliphatic heterocycles. The predicted octanol–water partition coefficient (Wildman–Crippen LogP) is 2.41. The molecule has 0 radical (unpaired) electrons. The van der Waals surface area contributed by atoms with Gasteiger partial charge in [0.05, 0.1) is 18.5 Å². The first-order valence-electron chi connectivity index (χ1n) is 7.30. The summed E-state index contributed by atoms with van der Waals surface area (Å²) in [5.41, 5.74) is 0. The van der Waals surface area contributed by atoms with Crippen molar-refractivity contribution in [1.29, 1.82) is 0 Å². The Balaban J connectivity index is 1.98. The van der Waals surface area contributed by atoms with Crippen molar-refractivity contribution in [2.24, 2.45) is 0 Å². The average Bonchev–Trinajstić information content (AvgIpc) is 2.96. The van der Waals surface area contributed by atoms with Crippen molar-refractivity contribution in [3.63, 3.8) is 0 Å². The smallest absolute Gasteiger partial charge is 0.337 e. The van der Waals surface area contributed by atoms with E-state index in [2.05, 4.69) is 4.98 Å². The fraction of sp³-hybridized carbons (Fsp3) is 0.769. The van der Waals surface area contributed by atoms with Crippen LogP contribution in [-0.2, 0) is 16.6 Å². The van der Waals surface area contributed by atoms with Gasteiger partial charge in [0.2, 0.25) is 10.0 Å². The number of hydrogen-bond donors (Lipinski definition) is 0. The Morgan fingerprint density at radius 1 is 1.27 bits per heavy atom. The third-order valence-corrected chi connectivity index (χ3v) is 5.77. The van der Waals surface area contributed by atoms with Gasteiger partial charge in [0.1, 0.15) is 0 Å². The molecule has 0 saturated carbocycles. The molecule has 9 heteroatoms. The second-order valence-electron chi connectivity index (χ2n) is 5.53. The minimum atomic E-state index is -4.45. The van der Waals surface area contributed by atoms with Crippen LogP contribution in [0.5, 0.6) is 0 Å². The van der Waals surface area contributed by atoms with Crippen molar-refractivity contribution in [3.05, 3.63) is 18.7 Å². The number of piperidine rings is 1. The third kappa shape index (κ3) is 4.98. The van der Waals surface area contributed by atoms with Gasteiger partial charge in [-0.15, -0.1) is 0 Å². The SMILES string of the molecule is O=S(=O)(CCC(F)(F)F)N1CCCCC1CCn1ccnc1. The van der Waals surface area contributed by atoms with E-state index < -0.39 is 28.4 Å². The van der Waals surface area contributed by atoms with Crippen LogP contribution >= 0.6 is 0 Å². The van der Waals surface area contributed by atoms with E-state index in [1.807, 2.05) is 4.57 Å². The average molecular weight is 339 g/mol. The summed E-state index contributed by atoms with van der Waals surface area (Å²) in [5, 5.41) is 0. The Morgan fingerprint density at radius 3 is 2.68 bits per heavy atom. The van der Waals surface area contributed by atoms with Crippen molar-refractivity contribution < 1.29 is 21.6 Å². The Morgan fingerprint density at radius 2 is 2.05 bits per heavy atom. The summed E-state index contributed by atoms with van der Waals surface area (Å²) in [6.45, 7) is 0.921. The first-order valence-corrected chi connectivity index (χ1v) is 8.91. The summed E-state index contributed by atoms with van der Waals surface area (Å²) in [6, 6.07) is -0.227. The van der Waals surface area contributed by atoms with Crippen molar-refractivity contribution in [2.45, 2.75) is 50.9 Å². The molecule has 126 valence electrons. The number of aromatic nitrogens is 2. The molecule has 5 nitrogen and oxygen atoms in total. The quantitative estimate of drug-likeness (QED) is 0.800. The van der Waals surface area contributed by atoms with Crippen LogP contribution < -0.4 is 0 Å². The molecule has 0 bridgehead atoms. The van der Waals surface area contributed by atoms with Crippen LogP contribution in [0.1, 0.15) is 32.1 Å². The zero-order chi connectivity index (χ0) is 16.2. The van der Waals surface area contributed by atoms with E-state index in [4.69, 9.17) is 0 Å². The molecule has 1 atom stereocenters. The lowest BCUT2D eigenvalue weighted by Gasteiger charge is -2.35. The molecule has 1 saturated heterocycles. The van der Waals surface area contributed by atoms with Gasteiger partial charge < -0.3 is 4.57 Å². The van der Waals surface area contributed by atoms with Gasteiger partial charge in [-0.05, 0) is 19.3 Å². The Hall–Kier alpha value is -1.09. The second-order valence-corrected chi connectivity index (χ2v) is 7.57. The standard InChI is InChI=1S/C13H20F3N3O2S/c14-13(15,16)5-10-22(20,21)19-7-2-1-3-12(19)4-8-18-9-6-17-11-18/h6,9,11-12H,1-5,7-8,10H2. The van der Waals surface area contributed by atoms with Crippen LogP contribution in [0.2, 0.25) is 0 Å². The molecule has 22 heavy (non-hydrogen) atoms. The molecule has 0 amide bonds. The molecule has 0 N–H and O–H groups in total. The van der Waals surface area contributed by atoms with Gasteiger partial charge in [-0.1, -0.05) is 6.42 Å². The summed E-state index contributed by atoms with van der Waals surface area (Å²) in [6.07, 6.45) is 2.21. The molecule has 1 fully saturated rings. The largest absolute Gasteiger partial charge is 0.390 e. The van der Waals surface area contributed by atoms with Gasteiger partial charge in [0.25, 0.3) is 0 Å². The van der Waals surface area contributed by atoms with E-state index in [9.17, 15) is 21.6 Å². The fourth-order valence-electron chi connectivity index (χ4n) is 2.71. The molecule has 0 spiro atoms. The lowest BCUT2D eigenvalue weighted by molar-refractivity contribution is -0.130. The summed E-state index contributed by atoms with van der Waals surface area (Å²) in [4.78, 5) is 3.92. The lowest BCUT2D eigenvalue weighted by atomic mass is 10.0. The van der Waals surface area contributed by atoms with Crippen molar-refractivity contribution in [2.75, 3.05) is 12.3 Å².